The fourth-order valence-corrected chi connectivity index (χ4v) is 2.32. The third kappa shape index (κ3) is 7.00. The number of aliphatic hydroxyl groups excluding tert-OH is 1. The van der Waals surface area contributed by atoms with Crippen molar-refractivity contribution in [1.29, 1.82) is 0 Å². The van der Waals surface area contributed by atoms with E-state index in [-0.39, 0.29) is 25.1 Å². The Bertz CT molecular complexity index is 505. The van der Waals surface area contributed by atoms with Gasteiger partial charge in [-0.1, -0.05) is 44.2 Å². The number of nitrogens with zero attached hydrogens (tertiary/aromatic N) is 1. The van der Waals surface area contributed by atoms with E-state index in [0.717, 1.165) is 12.0 Å². The van der Waals surface area contributed by atoms with Crippen molar-refractivity contribution in [2.45, 2.75) is 32.7 Å². The van der Waals surface area contributed by atoms with Crippen molar-refractivity contribution in [1.82, 2.24) is 15.5 Å². The minimum absolute atomic E-state index is 0.102. The Labute approximate surface area is 144 Å². The SMILES string of the molecule is CNC(=O)C(Cc1ccccc1)NC(=O)N(CCO)CCC(C)C. The molecule has 0 aromatic heterocycles. The largest absolute Gasteiger partial charge is 0.395 e. The number of hydrogen-bond acceptors (Lipinski definition) is 3. The summed E-state index contributed by atoms with van der Waals surface area (Å²) in [6, 6.07) is 8.58. The lowest BCUT2D eigenvalue weighted by Crippen LogP contribution is -2.52. The smallest absolute Gasteiger partial charge is 0.318 e. The van der Waals surface area contributed by atoms with Crippen LogP contribution in [0.5, 0.6) is 0 Å². The fraction of sp³-hybridized carbons (Fsp3) is 0.556. The first-order valence-corrected chi connectivity index (χ1v) is 8.39. The van der Waals surface area contributed by atoms with Crippen molar-refractivity contribution in [3.8, 4) is 0 Å². The molecule has 1 unspecified atom stereocenters. The average molecular weight is 335 g/mol. The average Bonchev–Trinajstić information content (AvgIpc) is 2.57. The van der Waals surface area contributed by atoms with Gasteiger partial charge in [0.2, 0.25) is 5.91 Å². The van der Waals surface area contributed by atoms with Crippen LogP contribution in [0.4, 0.5) is 4.79 Å². The lowest BCUT2D eigenvalue weighted by atomic mass is 10.1. The Hall–Kier alpha value is -2.08. The number of rotatable bonds is 9. The van der Waals surface area contributed by atoms with Crippen LogP contribution in [0, 0.1) is 5.92 Å². The van der Waals surface area contributed by atoms with Gasteiger partial charge in [0, 0.05) is 26.6 Å². The highest BCUT2D eigenvalue weighted by Crippen LogP contribution is 2.06. The van der Waals surface area contributed by atoms with E-state index in [1.807, 2.05) is 30.3 Å². The van der Waals surface area contributed by atoms with Gasteiger partial charge in [-0.05, 0) is 17.9 Å². The van der Waals surface area contributed by atoms with Gasteiger partial charge in [-0.15, -0.1) is 0 Å². The van der Waals surface area contributed by atoms with Crippen molar-refractivity contribution in [2.24, 2.45) is 5.92 Å². The van der Waals surface area contributed by atoms with Crippen LogP contribution in [-0.4, -0.2) is 54.7 Å². The second-order valence-electron chi connectivity index (χ2n) is 6.20. The van der Waals surface area contributed by atoms with Gasteiger partial charge in [0.05, 0.1) is 6.61 Å². The molecule has 3 amide bonds. The molecule has 6 heteroatoms. The normalized spacial score (nSPS) is 11.9. The van der Waals surface area contributed by atoms with E-state index in [1.54, 1.807) is 11.9 Å². The van der Waals surface area contributed by atoms with Crippen LogP contribution in [0.2, 0.25) is 0 Å². The number of amides is 3. The van der Waals surface area contributed by atoms with E-state index in [0.29, 0.717) is 18.9 Å². The number of aliphatic hydroxyl groups is 1. The zero-order chi connectivity index (χ0) is 17.9. The molecule has 0 aliphatic heterocycles. The molecule has 1 atom stereocenters. The number of hydrogen-bond donors (Lipinski definition) is 3. The second-order valence-corrected chi connectivity index (χ2v) is 6.20. The zero-order valence-corrected chi connectivity index (χ0v) is 14.8. The molecular formula is C18H29N3O3. The van der Waals surface area contributed by atoms with Gasteiger partial charge in [0.25, 0.3) is 0 Å². The lowest BCUT2D eigenvalue weighted by molar-refractivity contribution is -0.122. The van der Waals surface area contributed by atoms with Gasteiger partial charge in [-0.3, -0.25) is 4.79 Å². The van der Waals surface area contributed by atoms with Crippen LogP contribution >= 0.6 is 0 Å². The molecule has 6 nitrogen and oxygen atoms in total. The highest BCUT2D eigenvalue weighted by molar-refractivity contribution is 5.87. The summed E-state index contributed by atoms with van der Waals surface area (Å²) in [5, 5.41) is 14.6. The molecule has 3 N–H and O–H groups in total. The quantitative estimate of drug-likeness (QED) is 0.638. The summed E-state index contributed by atoms with van der Waals surface area (Å²) in [5.41, 5.74) is 0.974. The van der Waals surface area contributed by atoms with Crippen LogP contribution in [0.25, 0.3) is 0 Å². The van der Waals surface area contributed by atoms with Gasteiger partial charge >= 0.3 is 6.03 Å². The zero-order valence-electron chi connectivity index (χ0n) is 14.8. The summed E-state index contributed by atoms with van der Waals surface area (Å²) < 4.78 is 0. The van der Waals surface area contributed by atoms with Crippen molar-refractivity contribution in [2.75, 3.05) is 26.7 Å². The number of benzene rings is 1. The molecule has 24 heavy (non-hydrogen) atoms. The van der Waals surface area contributed by atoms with Crippen LogP contribution in [0.1, 0.15) is 25.8 Å². The maximum atomic E-state index is 12.5. The van der Waals surface area contributed by atoms with Crippen LogP contribution in [0.15, 0.2) is 30.3 Å². The minimum atomic E-state index is -0.648. The molecule has 0 fully saturated rings. The molecule has 0 aliphatic carbocycles. The van der Waals surface area contributed by atoms with E-state index in [9.17, 15) is 14.7 Å². The van der Waals surface area contributed by atoms with E-state index >= 15 is 0 Å². The van der Waals surface area contributed by atoms with E-state index in [2.05, 4.69) is 24.5 Å². The van der Waals surface area contributed by atoms with Gasteiger partial charge in [0.15, 0.2) is 0 Å². The van der Waals surface area contributed by atoms with Crippen molar-refractivity contribution in [3.63, 3.8) is 0 Å². The third-order valence-electron chi connectivity index (χ3n) is 3.78. The molecule has 0 radical (unpaired) electrons. The predicted molar refractivity (Wildman–Crippen MR) is 94.6 cm³/mol. The van der Waals surface area contributed by atoms with Crippen LogP contribution in [-0.2, 0) is 11.2 Å². The molecule has 134 valence electrons. The first kappa shape index (κ1) is 20.0. The molecule has 0 heterocycles. The Morgan fingerprint density at radius 1 is 1.17 bits per heavy atom. The second kappa shape index (κ2) is 10.6. The number of carbonyl (C=O) groups is 2. The molecule has 0 saturated heterocycles. The van der Waals surface area contributed by atoms with Crippen molar-refractivity contribution in [3.05, 3.63) is 35.9 Å². The summed E-state index contributed by atoms with van der Waals surface area (Å²) in [7, 11) is 1.55. The van der Waals surface area contributed by atoms with E-state index < -0.39 is 6.04 Å². The lowest BCUT2D eigenvalue weighted by Gasteiger charge is -2.26. The first-order valence-electron chi connectivity index (χ1n) is 8.39. The summed E-state index contributed by atoms with van der Waals surface area (Å²) in [6.45, 7) is 4.87. The Balaban J connectivity index is 2.75. The molecule has 1 rings (SSSR count). The molecule has 0 bridgehead atoms. The first-order chi connectivity index (χ1) is 11.5. The summed E-state index contributed by atoms with van der Waals surface area (Å²) in [6.07, 6.45) is 1.26. The minimum Gasteiger partial charge on any atom is -0.395 e. The summed E-state index contributed by atoms with van der Waals surface area (Å²) in [5.74, 6) is 0.220. The number of likely N-dealkylation sites (N-methyl/N-ethyl adjacent to an activating group) is 1. The van der Waals surface area contributed by atoms with E-state index in [1.165, 1.54) is 0 Å². The molecule has 1 aromatic carbocycles. The standard InChI is InChI=1S/C18H29N3O3/c1-14(2)9-10-21(11-12-22)18(24)20-16(17(23)19-3)13-15-7-5-4-6-8-15/h4-8,14,16,22H,9-13H2,1-3H3,(H,19,23)(H,20,24). The third-order valence-corrected chi connectivity index (χ3v) is 3.78. The van der Waals surface area contributed by atoms with Gasteiger partial charge < -0.3 is 20.6 Å². The van der Waals surface area contributed by atoms with Crippen molar-refractivity contribution >= 4 is 11.9 Å². The monoisotopic (exact) mass is 335 g/mol. The highest BCUT2D eigenvalue weighted by Gasteiger charge is 2.23. The Morgan fingerprint density at radius 3 is 2.38 bits per heavy atom. The Morgan fingerprint density at radius 2 is 1.83 bits per heavy atom. The molecule has 0 spiro atoms. The maximum Gasteiger partial charge on any atom is 0.318 e. The molecule has 0 aliphatic rings. The van der Waals surface area contributed by atoms with E-state index in [4.69, 9.17) is 0 Å². The van der Waals surface area contributed by atoms with Crippen LogP contribution in [0.3, 0.4) is 0 Å². The highest BCUT2D eigenvalue weighted by atomic mass is 16.3. The van der Waals surface area contributed by atoms with Crippen molar-refractivity contribution < 1.29 is 14.7 Å². The summed E-state index contributed by atoms with van der Waals surface area (Å²) >= 11 is 0. The van der Waals surface area contributed by atoms with Crippen LogP contribution < -0.4 is 10.6 Å². The topological polar surface area (TPSA) is 81.7 Å². The number of urea groups is 1. The van der Waals surface area contributed by atoms with Gasteiger partial charge in [-0.25, -0.2) is 4.79 Å². The van der Waals surface area contributed by atoms with Gasteiger partial charge in [-0.2, -0.15) is 0 Å². The molecule has 1 aromatic rings. The maximum absolute atomic E-state index is 12.5. The molecular weight excluding hydrogens is 306 g/mol. The summed E-state index contributed by atoms with van der Waals surface area (Å²) in [4.78, 5) is 26.2. The Kier molecular flexibility index (Phi) is 8.86. The predicted octanol–water partition coefficient (Wildman–Crippen LogP) is 1.39. The fourth-order valence-electron chi connectivity index (χ4n) is 2.32. The van der Waals surface area contributed by atoms with Gasteiger partial charge in [0.1, 0.15) is 6.04 Å². The number of carbonyl (C=O) groups excluding carboxylic acids is 2. The molecule has 0 saturated carbocycles. The number of nitrogens with one attached hydrogen (secondary N) is 2.